The number of para-hydroxylation sites is 1. The highest BCUT2D eigenvalue weighted by Gasteiger charge is 2.29. The van der Waals surface area contributed by atoms with Crippen molar-refractivity contribution in [2.75, 3.05) is 13.1 Å². The largest absolute Gasteiger partial charge is 0.426 e. The minimum absolute atomic E-state index is 0.0362. The first-order chi connectivity index (χ1) is 14.9. The maximum Gasteiger partial charge on any atom is 0.313 e. The summed E-state index contributed by atoms with van der Waals surface area (Å²) in [5.74, 6) is 0.140. The van der Waals surface area contributed by atoms with E-state index >= 15 is 0 Å². The number of fused-ring (bicyclic) bond motifs is 1. The molecule has 160 valence electrons. The van der Waals surface area contributed by atoms with E-state index in [-0.39, 0.29) is 23.7 Å². The van der Waals surface area contributed by atoms with Gasteiger partial charge in [-0.3, -0.25) is 9.59 Å². The number of nitrogens with one attached hydrogen (secondary N) is 1. The van der Waals surface area contributed by atoms with Crippen molar-refractivity contribution in [1.29, 1.82) is 0 Å². The molecular weight excluding hydrogens is 392 g/mol. The number of hydrogen-bond donors (Lipinski definition) is 1. The molecule has 31 heavy (non-hydrogen) atoms. The van der Waals surface area contributed by atoms with Gasteiger partial charge < -0.3 is 14.6 Å². The van der Waals surface area contributed by atoms with E-state index in [0.29, 0.717) is 23.6 Å². The van der Waals surface area contributed by atoms with Crippen LogP contribution in [0.1, 0.15) is 37.4 Å². The Balaban J connectivity index is 1.68. The molecule has 3 aromatic rings. The minimum atomic E-state index is -0.290. The molecule has 1 aromatic carbocycles. The van der Waals surface area contributed by atoms with Crippen molar-refractivity contribution >= 4 is 22.9 Å². The molecule has 1 N–H and O–H groups in total. The number of H-pyrrole nitrogens is 1. The van der Waals surface area contributed by atoms with Gasteiger partial charge in [0, 0.05) is 35.7 Å². The lowest BCUT2D eigenvalue weighted by Crippen LogP contribution is -2.26. The first-order valence-electron chi connectivity index (χ1n) is 10.5. The number of hydrogen-bond acceptors (Lipinski definition) is 5. The number of ether oxygens (including phenoxy) is 1. The van der Waals surface area contributed by atoms with Crippen LogP contribution in [0.2, 0.25) is 0 Å². The standard InChI is InChI=1S/C24H26N4O3/c1-5-21(29)28-11-10-16(13-28)22-15(4)18-12-19(26-27-23(18)25-22)17-8-6-7-9-20(17)31-24(30)14(2)3/h5-9,12,14,16H,1,10-11,13H2,2-4H3,(H,25,27). The predicted octanol–water partition coefficient (Wildman–Crippen LogP) is 4.00. The molecule has 1 saturated heterocycles. The summed E-state index contributed by atoms with van der Waals surface area (Å²) in [6, 6.07) is 9.32. The molecule has 0 radical (unpaired) electrons. The van der Waals surface area contributed by atoms with E-state index in [1.54, 1.807) is 19.9 Å². The van der Waals surface area contributed by atoms with Crippen molar-refractivity contribution in [3.63, 3.8) is 0 Å². The number of likely N-dealkylation sites (tertiary alicyclic amines) is 1. The van der Waals surface area contributed by atoms with Crippen LogP contribution in [-0.2, 0) is 9.59 Å². The van der Waals surface area contributed by atoms with E-state index in [0.717, 1.165) is 35.2 Å². The van der Waals surface area contributed by atoms with Gasteiger partial charge in [0.15, 0.2) is 5.65 Å². The third-order valence-corrected chi connectivity index (χ3v) is 5.78. The molecule has 1 fully saturated rings. The van der Waals surface area contributed by atoms with Gasteiger partial charge in [-0.2, -0.15) is 0 Å². The number of esters is 1. The number of rotatable bonds is 5. The highest BCUT2D eigenvalue weighted by molar-refractivity contribution is 5.88. The van der Waals surface area contributed by atoms with Gasteiger partial charge in [-0.25, -0.2) is 0 Å². The second-order valence-corrected chi connectivity index (χ2v) is 8.20. The Morgan fingerprint density at radius 3 is 2.81 bits per heavy atom. The Kier molecular flexibility index (Phi) is 5.59. The van der Waals surface area contributed by atoms with Crippen LogP contribution < -0.4 is 4.74 Å². The average Bonchev–Trinajstić information content (AvgIpc) is 3.38. The molecule has 0 aliphatic carbocycles. The van der Waals surface area contributed by atoms with Gasteiger partial charge in [0.1, 0.15) is 5.75 Å². The highest BCUT2D eigenvalue weighted by atomic mass is 16.5. The molecule has 2 aromatic heterocycles. The lowest BCUT2D eigenvalue weighted by atomic mass is 10.00. The zero-order valence-electron chi connectivity index (χ0n) is 18.0. The van der Waals surface area contributed by atoms with E-state index < -0.39 is 0 Å². The number of aromatic nitrogens is 3. The number of carbonyl (C=O) groups is 2. The third-order valence-electron chi connectivity index (χ3n) is 5.78. The number of carbonyl (C=O) groups excluding carboxylic acids is 2. The van der Waals surface area contributed by atoms with Gasteiger partial charge in [0.25, 0.3) is 0 Å². The Labute approximate surface area is 181 Å². The van der Waals surface area contributed by atoms with Gasteiger partial charge in [0.05, 0.1) is 11.6 Å². The molecule has 0 spiro atoms. The molecule has 1 unspecified atom stereocenters. The van der Waals surface area contributed by atoms with Crippen LogP contribution in [-0.4, -0.2) is 45.0 Å². The van der Waals surface area contributed by atoms with Crippen LogP contribution in [0, 0.1) is 12.8 Å². The molecule has 4 rings (SSSR count). The van der Waals surface area contributed by atoms with Crippen molar-refractivity contribution < 1.29 is 14.3 Å². The molecule has 1 aliphatic heterocycles. The second kappa shape index (κ2) is 8.34. The molecule has 1 atom stereocenters. The molecule has 0 saturated carbocycles. The van der Waals surface area contributed by atoms with Gasteiger partial charge in [-0.1, -0.05) is 32.6 Å². The molecule has 1 amide bonds. The fourth-order valence-electron chi connectivity index (χ4n) is 3.99. The summed E-state index contributed by atoms with van der Waals surface area (Å²) in [6.07, 6.45) is 2.25. The van der Waals surface area contributed by atoms with Crippen LogP contribution in [0.15, 0.2) is 43.0 Å². The Morgan fingerprint density at radius 1 is 1.29 bits per heavy atom. The van der Waals surface area contributed by atoms with Crippen molar-refractivity contribution in [3.05, 3.63) is 54.2 Å². The Bertz CT molecular complexity index is 1160. The quantitative estimate of drug-likeness (QED) is 0.384. The first kappa shape index (κ1) is 20.8. The summed E-state index contributed by atoms with van der Waals surface area (Å²) in [6.45, 7) is 10.6. The molecule has 7 nitrogen and oxygen atoms in total. The van der Waals surface area contributed by atoms with Gasteiger partial charge in [0.2, 0.25) is 5.91 Å². The Hall–Kier alpha value is -3.48. The molecule has 7 heteroatoms. The number of aryl methyl sites for hydroxylation is 1. The average molecular weight is 418 g/mol. The molecule has 3 heterocycles. The van der Waals surface area contributed by atoms with Crippen LogP contribution in [0.5, 0.6) is 5.75 Å². The van der Waals surface area contributed by atoms with Gasteiger partial charge >= 0.3 is 5.97 Å². The maximum absolute atomic E-state index is 12.1. The van der Waals surface area contributed by atoms with E-state index in [2.05, 4.69) is 28.7 Å². The maximum atomic E-state index is 12.1. The fourth-order valence-corrected chi connectivity index (χ4v) is 3.99. The van der Waals surface area contributed by atoms with E-state index in [4.69, 9.17) is 4.74 Å². The summed E-state index contributed by atoms with van der Waals surface area (Å²) in [4.78, 5) is 29.3. The van der Waals surface area contributed by atoms with E-state index in [1.807, 2.05) is 29.2 Å². The van der Waals surface area contributed by atoms with Crippen molar-refractivity contribution in [2.45, 2.75) is 33.1 Å². The first-order valence-corrected chi connectivity index (χ1v) is 10.5. The number of amides is 1. The summed E-state index contributed by atoms with van der Waals surface area (Å²) in [5, 5.41) is 9.74. The van der Waals surface area contributed by atoms with E-state index in [1.165, 1.54) is 6.08 Å². The van der Waals surface area contributed by atoms with Gasteiger partial charge in [-0.05, 0) is 43.2 Å². The van der Waals surface area contributed by atoms with E-state index in [9.17, 15) is 9.59 Å². The topological polar surface area (TPSA) is 88.2 Å². The number of nitrogens with zero attached hydrogens (tertiary/aromatic N) is 3. The van der Waals surface area contributed by atoms with Crippen LogP contribution in [0.3, 0.4) is 0 Å². The summed E-state index contributed by atoms with van der Waals surface area (Å²) in [5.41, 5.74) is 4.25. The zero-order chi connectivity index (χ0) is 22.1. The van der Waals surface area contributed by atoms with Crippen LogP contribution in [0.25, 0.3) is 22.3 Å². The monoisotopic (exact) mass is 418 g/mol. The minimum Gasteiger partial charge on any atom is -0.426 e. The normalized spacial score (nSPS) is 16.1. The molecular formula is C24H26N4O3. The smallest absolute Gasteiger partial charge is 0.313 e. The van der Waals surface area contributed by atoms with Crippen molar-refractivity contribution in [2.24, 2.45) is 5.92 Å². The summed E-state index contributed by atoms with van der Waals surface area (Å²) < 4.78 is 5.57. The Morgan fingerprint density at radius 2 is 2.06 bits per heavy atom. The zero-order valence-corrected chi connectivity index (χ0v) is 18.0. The SMILES string of the molecule is C=CC(=O)N1CCC(c2[nH]c3nnc(-c4ccccc4OC(=O)C(C)C)cc3c2C)C1. The second-order valence-electron chi connectivity index (χ2n) is 8.20. The lowest BCUT2D eigenvalue weighted by molar-refractivity contribution is -0.137. The third kappa shape index (κ3) is 3.95. The number of benzene rings is 1. The summed E-state index contributed by atoms with van der Waals surface area (Å²) in [7, 11) is 0. The highest BCUT2D eigenvalue weighted by Crippen LogP contribution is 2.35. The van der Waals surface area contributed by atoms with Gasteiger partial charge in [-0.15, -0.1) is 10.2 Å². The molecule has 0 bridgehead atoms. The predicted molar refractivity (Wildman–Crippen MR) is 119 cm³/mol. The van der Waals surface area contributed by atoms with Crippen LogP contribution >= 0.6 is 0 Å². The summed E-state index contributed by atoms with van der Waals surface area (Å²) >= 11 is 0. The lowest BCUT2D eigenvalue weighted by Gasteiger charge is -2.14. The molecule has 1 aliphatic rings. The van der Waals surface area contributed by atoms with Crippen LogP contribution in [0.4, 0.5) is 0 Å². The fraction of sp³-hybridized carbons (Fsp3) is 0.333. The van der Waals surface area contributed by atoms with Crippen molar-refractivity contribution in [1.82, 2.24) is 20.1 Å². The number of aromatic amines is 1. The van der Waals surface area contributed by atoms with Crippen molar-refractivity contribution in [3.8, 4) is 17.0 Å².